The van der Waals surface area contributed by atoms with E-state index in [-0.39, 0.29) is 5.91 Å². The Balaban J connectivity index is 1.81. The van der Waals surface area contributed by atoms with Crippen molar-refractivity contribution in [1.29, 1.82) is 0 Å². The van der Waals surface area contributed by atoms with E-state index in [0.717, 1.165) is 21.1 Å². The van der Waals surface area contributed by atoms with Gasteiger partial charge in [0.05, 0.1) is 32.1 Å². The van der Waals surface area contributed by atoms with Crippen molar-refractivity contribution in [1.82, 2.24) is 10.3 Å². The second-order valence-electron chi connectivity index (χ2n) is 7.13. The summed E-state index contributed by atoms with van der Waals surface area (Å²) in [5.41, 5.74) is 3.68. The smallest absolute Gasteiger partial charge is 0.251 e. The van der Waals surface area contributed by atoms with E-state index in [2.05, 4.69) is 24.4 Å². The molecule has 1 N–H and O–H groups in total. The molecule has 0 unspecified atom stereocenters. The molecule has 0 aliphatic carbocycles. The van der Waals surface area contributed by atoms with Crippen LogP contribution in [-0.4, -0.2) is 30.7 Å². The summed E-state index contributed by atoms with van der Waals surface area (Å²) >= 11 is 1.60. The summed E-state index contributed by atoms with van der Waals surface area (Å²) in [4.78, 5) is 18.7. The summed E-state index contributed by atoms with van der Waals surface area (Å²) < 4.78 is 17.2. The van der Waals surface area contributed by atoms with Gasteiger partial charge in [0.2, 0.25) is 5.75 Å². The number of nitrogens with one attached hydrogen (secondary N) is 1. The molecule has 32 heavy (non-hydrogen) atoms. The maximum atomic E-state index is 13.0. The van der Waals surface area contributed by atoms with Gasteiger partial charge in [0.1, 0.15) is 5.01 Å². The molecular formula is C25H30N2O4S. The molecule has 0 atom stereocenters. The normalized spacial score (nSPS) is 10.7. The summed E-state index contributed by atoms with van der Waals surface area (Å²) in [6.07, 6.45) is 0. The second-order valence-corrected chi connectivity index (χ2v) is 8.21. The monoisotopic (exact) mass is 454 g/mol. The highest BCUT2D eigenvalue weighted by atomic mass is 32.1. The summed E-state index contributed by atoms with van der Waals surface area (Å²) in [6.45, 7) is 11.5. The van der Waals surface area contributed by atoms with Crippen molar-refractivity contribution < 1.29 is 19.0 Å². The molecule has 6 nitrogen and oxygen atoms in total. The van der Waals surface area contributed by atoms with Gasteiger partial charge < -0.3 is 19.5 Å². The third kappa shape index (κ3) is 5.40. The van der Waals surface area contributed by atoms with Gasteiger partial charge in [0.15, 0.2) is 11.5 Å². The molecule has 0 radical (unpaired) electrons. The lowest BCUT2D eigenvalue weighted by atomic mass is 10.1. The number of carbonyl (C=O) groups excluding carboxylic acids is 1. The maximum absolute atomic E-state index is 13.0. The number of benzene rings is 2. The predicted octanol–water partition coefficient (Wildman–Crippen LogP) is 5.55. The first-order valence-corrected chi connectivity index (χ1v) is 11.7. The molecule has 1 aromatic heterocycles. The molecule has 1 heterocycles. The zero-order chi connectivity index (χ0) is 23.1. The Kier molecular flexibility index (Phi) is 8.11. The molecule has 0 bridgehead atoms. The maximum Gasteiger partial charge on any atom is 0.251 e. The van der Waals surface area contributed by atoms with E-state index in [9.17, 15) is 4.79 Å². The van der Waals surface area contributed by atoms with Crippen molar-refractivity contribution in [2.45, 2.75) is 41.2 Å². The summed E-state index contributed by atoms with van der Waals surface area (Å²) in [5, 5.41) is 3.97. The van der Waals surface area contributed by atoms with E-state index in [1.165, 1.54) is 5.56 Å². The van der Waals surface area contributed by atoms with E-state index >= 15 is 0 Å². The van der Waals surface area contributed by atoms with Crippen LogP contribution >= 0.6 is 11.3 Å². The number of aromatic nitrogens is 1. The van der Waals surface area contributed by atoms with Gasteiger partial charge >= 0.3 is 0 Å². The number of rotatable bonds is 10. The number of hydrogen-bond acceptors (Lipinski definition) is 6. The average molecular weight is 455 g/mol. The Morgan fingerprint density at radius 2 is 1.59 bits per heavy atom. The number of hydrogen-bond donors (Lipinski definition) is 1. The zero-order valence-corrected chi connectivity index (χ0v) is 20.1. The van der Waals surface area contributed by atoms with Crippen molar-refractivity contribution >= 4 is 17.2 Å². The highest BCUT2D eigenvalue weighted by Crippen LogP contribution is 2.39. The summed E-state index contributed by atoms with van der Waals surface area (Å²) in [7, 11) is 0. The van der Waals surface area contributed by atoms with Crippen LogP contribution in [0.25, 0.3) is 10.6 Å². The van der Waals surface area contributed by atoms with Crippen LogP contribution in [0.2, 0.25) is 0 Å². The predicted molar refractivity (Wildman–Crippen MR) is 128 cm³/mol. The lowest BCUT2D eigenvalue weighted by molar-refractivity contribution is 0.0950. The van der Waals surface area contributed by atoms with Crippen LogP contribution in [-0.2, 0) is 6.54 Å². The van der Waals surface area contributed by atoms with E-state index in [1.54, 1.807) is 23.5 Å². The highest BCUT2D eigenvalue weighted by Gasteiger charge is 2.19. The number of nitrogens with zero attached hydrogens (tertiary/aromatic N) is 1. The van der Waals surface area contributed by atoms with Crippen molar-refractivity contribution in [2.75, 3.05) is 19.8 Å². The zero-order valence-electron chi connectivity index (χ0n) is 19.3. The minimum Gasteiger partial charge on any atom is -0.490 e. The summed E-state index contributed by atoms with van der Waals surface area (Å²) in [6, 6.07) is 11.6. The van der Waals surface area contributed by atoms with Gasteiger partial charge in [-0.15, -0.1) is 11.3 Å². The standard InChI is InChI=1S/C25H30N2O4S/c1-6-29-20-13-18(14-21(30-7-2)23(20)31-8-3)24(28)26-15-22-17(5)27-25(32-22)19-12-10-9-11-16(19)4/h9-14H,6-8,15H2,1-5H3,(H,26,28). The number of aryl methyl sites for hydroxylation is 2. The largest absolute Gasteiger partial charge is 0.490 e. The highest BCUT2D eigenvalue weighted by molar-refractivity contribution is 7.15. The minimum absolute atomic E-state index is 0.208. The quantitative estimate of drug-likeness (QED) is 0.435. The molecule has 0 aliphatic heterocycles. The van der Waals surface area contributed by atoms with Crippen LogP contribution in [0.4, 0.5) is 0 Å². The Morgan fingerprint density at radius 3 is 2.19 bits per heavy atom. The molecule has 0 saturated carbocycles. The molecule has 0 fully saturated rings. The minimum atomic E-state index is -0.208. The fourth-order valence-electron chi connectivity index (χ4n) is 3.30. The van der Waals surface area contributed by atoms with Gasteiger partial charge in [0.25, 0.3) is 5.91 Å². The SMILES string of the molecule is CCOc1cc(C(=O)NCc2sc(-c3ccccc3C)nc2C)cc(OCC)c1OCC. The number of amides is 1. The molecule has 3 rings (SSSR count). The molecule has 0 saturated heterocycles. The Labute approximate surface area is 193 Å². The van der Waals surface area contributed by atoms with Crippen LogP contribution < -0.4 is 19.5 Å². The van der Waals surface area contributed by atoms with Gasteiger partial charge in [-0.1, -0.05) is 24.3 Å². The fourth-order valence-corrected chi connectivity index (χ4v) is 4.40. The Bertz CT molecular complexity index is 1050. The molecule has 0 aliphatic rings. The molecular weight excluding hydrogens is 424 g/mol. The van der Waals surface area contributed by atoms with Crippen LogP contribution in [0.5, 0.6) is 17.2 Å². The Morgan fingerprint density at radius 1 is 0.969 bits per heavy atom. The van der Waals surface area contributed by atoms with Gasteiger partial charge in [-0.05, 0) is 52.3 Å². The van der Waals surface area contributed by atoms with Crippen molar-refractivity contribution in [2.24, 2.45) is 0 Å². The van der Waals surface area contributed by atoms with E-state index in [4.69, 9.17) is 19.2 Å². The lowest BCUT2D eigenvalue weighted by Crippen LogP contribution is -2.23. The molecule has 1 amide bonds. The van der Waals surface area contributed by atoms with E-state index < -0.39 is 0 Å². The second kappa shape index (κ2) is 11.0. The third-order valence-electron chi connectivity index (χ3n) is 4.85. The Hall–Kier alpha value is -3.06. The average Bonchev–Trinajstić information content (AvgIpc) is 3.15. The topological polar surface area (TPSA) is 69.7 Å². The summed E-state index contributed by atoms with van der Waals surface area (Å²) in [5.74, 6) is 1.32. The molecule has 7 heteroatoms. The van der Waals surface area contributed by atoms with E-state index in [1.807, 2.05) is 39.8 Å². The van der Waals surface area contributed by atoms with E-state index in [0.29, 0.717) is 49.2 Å². The number of thiazole rings is 1. The van der Waals surface area contributed by atoms with Crippen LogP contribution in [0.15, 0.2) is 36.4 Å². The fraction of sp³-hybridized carbons (Fsp3) is 0.360. The first-order valence-electron chi connectivity index (χ1n) is 10.8. The lowest BCUT2D eigenvalue weighted by Gasteiger charge is -2.17. The number of ether oxygens (including phenoxy) is 3. The van der Waals surface area contributed by atoms with Crippen molar-refractivity contribution in [3.05, 3.63) is 58.1 Å². The number of carbonyl (C=O) groups is 1. The first kappa shape index (κ1) is 23.6. The van der Waals surface area contributed by atoms with Crippen molar-refractivity contribution in [3.63, 3.8) is 0 Å². The molecule has 170 valence electrons. The van der Waals surface area contributed by atoms with Crippen LogP contribution in [0.3, 0.4) is 0 Å². The molecule has 2 aromatic carbocycles. The van der Waals surface area contributed by atoms with Gasteiger partial charge in [0, 0.05) is 16.0 Å². The first-order chi connectivity index (χ1) is 15.5. The molecule has 3 aromatic rings. The molecule has 0 spiro atoms. The van der Waals surface area contributed by atoms with Gasteiger partial charge in [-0.2, -0.15) is 0 Å². The van der Waals surface area contributed by atoms with Gasteiger partial charge in [-0.3, -0.25) is 4.79 Å². The van der Waals surface area contributed by atoms with Crippen LogP contribution in [0.1, 0.15) is 47.3 Å². The third-order valence-corrected chi connectivity index (χ3v) is 6.04. The van der Waals surface area contributed by atoms with Crippen molar-refractivity contribution in [3.8, 4) is 27.8 Å². The van der Waals surface area contributed by atoms with Crippen LogP contribution in [0, 0.1) is 13.8 Å². The van der Waals surface area contributed by atoms with Gasteiger partial charge in [-0.25, -0.2) is 4.98 Å².